The fourth-order valence-corrected chi connectivity index (χ4v) is 4.36. The van der Waals surface area contributed by atoms with Gasteiger partial charge >= 0.3 is 5.97 Å². The zero-order valence-corrected chi connectivity index (χ0v) is 15.3. The number of hydrogen-bond donors (Lipinski definition) is 2. The van der Waals surface area contributed by atoms with Gasteiger partial charge in [-0.3, -0.25) is 0 Å². The van der Waals surface area contributed by atoms with Gasteiger partial charge in [0.1, 0.15) is 5.75 Å². The Kier molecular flexibility index (Phi) is 4.04. The van der Waals surface area contributed by atoms with Crippen LogP contribution >= 0.6 is 15.9 Å². The first-order chi connectivity index (χ1) is 12.1. The molecule has 0 saturated carbocycles. The number of ether oxygens (including phenoxy) is 1. The molecule has 2 N–H and O–H groups in total. The molecular weight excluding hydrogens is 382 g/mol. The van der Waals surface area contributed by atoms with Crippen molar-refractivity contribution in [2.75, 3.05) is 12.4 Å². The van der Waals surface area contributed by atoms with Gasteiger partial charge in [-0.05, 0) is 54.3 Å². The summed E-state index contributed by atoms with van der Waals surface area (Å²) in [6, 6.07) is 11.5. The molecule has 0 spiro atoms. The summed E-state index contributed by atoms with van der Waals surface area (Å²) in [5, 5.41) is 12.9. The first-order valence-corrected chi connectivity index (χ1v) is 9.01. The van der Waals surface area contributed by atoms with Crippen LogP contribution in [0.1, 0.15) is 39.9 Å². The zero-order chi connectivity index (χ0) is 17.6. The van der Waals surface area contributed by atoms with Crippen molar-refractivity contribution in [1.82, 2.24) is 0 Å². The van der Waals surface area contributed by atoms with Crippen molar-refractivity contribution < 1.29 is 14.6 Å². The Morgan fingerprint density at radius 1 is 1.24 bits per heavy atom. The van der Waals surface area contributed by atoms with Gasteiger partial charge in [-0.2, -0.15) is 0 Å². The number of allylic oxidation sites excluding steroid dienone is 2. The lowest BCUT2D eigenvalue weighted by atomic mass is 9.76. The van der Waals surface area contributed by atoms with E-state index in [1.165, 1.54) is 0 Å². The van der Waals surface area contributed by atoms with E-state index in [0.29, 0.717) is 11.5 Å². The number of hydrogen-bond acceptors (Lipinski definition) is 3. The minimum atomic E-state index is -0.892. The number of anilines is 1. The Morgan fingerprint density at radius 2 is 2.08 bits per heavy atom. The predicted molar refractivity (Wildman–Crippen MR) is 100 cm³/mol. The average molecular weight is 400 g/mol. The largest absolute Gasteiger partial charge is 0.496 e. The molecule has 0 unspecified atom stereocenters. The molecule has 1 aliphatic carbocycles. The second-order valence-corrected chi connectivity index (χ2v) is 7.38. The Labute approximate surface area is 154 Å². The van der Waals surface area contributed by atoms with Gasteiger partial charge in [0.2, 0.25) is 0 Å². The first kappa shape index (κ1) is 16.2. The summed E-state index contributed by atoms with van der Waals surface area (Å²) in [6.07, 6.45) is 5.35. The number of carboxylic acids is 1. The Morgan fingerprint density at radius 3 is 2.84 bits per heavy atom. The third kappa shape index (κ3) is 2.72. The molecule has 0 radical (unpaired) electrons. The molecular formula is C20H18BrNO3. The smallest absolute Gasteiger partial charge is 0.335 e. The van der Waals surface area contributed by atoms with Crippen LogP contribution in [0.2, 0.25) is 0 Å². The monoisotopic (exact) mass is 399 g/mol. The van der Waals surface area contributed by atoms with E-state index in [1.54, 1.807) is 19.2 Å². The lowest BCUT2D eigenvalue weighted by molar-refractivity contribution is 0.0696. The fraction of sp³-hybridized carbons (Fsp3) is 0.250. The number of nitrogens with one attached hydrogen (secondary N) is 1. The predicted octanol–water partition coefficient (Wildman–Crippen LogP) is 4.98. The third-order valence-corrected chi connectivity index (χ3v) is 5.63. The number of carboxylic acid groups (broad SMARTS) is 1. The maximum absolute atomic E-state index is 11.3. The van der Waals surface area contributed by atoms with E-state index >= 15 is 0 Å². The molecule has 0 amide bonds. The van der Waals surface area contributed by atoms with Gasteiger partial charge in [-0.15, -0.1) is 0 Å². The molecule has 5 heteroatoms. The van der Waals surface area contributed by atoms with E-state index in [9.17, 15) is 9.90 Å². The van der Waals surface area contributed by atoms with E-state index in [4.69, 9.17) is 4.74 Å². The summed E-state index contributed by atoms with van der Waals surface area (Å²) in [6.45, 7) is 0. The second kappa shape index (κ2) is 6.23. The number of methoxy groups -OCH3 is 1. The molecule has 0 saturated heterocycles. The number of carbonyl (C=O) groups is 1. The second-order valence-electron chi connectivity index (χ2n) is 6.47. The summed E-state index contributed by atoms with van der Waals surface area (Å²) < 4.78 is 6.60. The Hall–Kier alpha value is -2.27. The van der Waals surface area contributed by atoms with Crippen LogP contribution in [0.15, 0.2) is 53.0 Å². The first-order valence-electron chi connectivity index (χ1n) is 8.22. The van der Waals surface area contributed by atoms with Crippen molar-refractivity contribution in [1.29, 1.82) is 0 Å². The van der Waals surface area contributed by atoms with Gasteiger partial charge in [0.25, 0.3) is 0 Å². The van der Waals surface area contributed by atoms with Crippen LogP contribution in [0.5, 0.6) is 5.75 Å². The third-order valence-electron chi connectivity index (χ3n) is 5.14. The van der Waals surface area contributed by atoms with Gasteiger partial charge in [-0.1, -0.05) is 28.1 Å². The van der Waals surface area contributed by atoms with Gasteiger partial charge < -0.3 is 15.2 Å². The molecule has 1 heterocycles. The van der Waals surface area contributed by atoms with Crippen molar-refractivity contribution in [3.63, 3.8) is 0 Å². The summed E-state index contributed by atoms with van der Waals surface area (Å²) in [7, 11) is 1.69. The molecule has 25 heavy (non-hydrogen) atoms. The molecule has 0 aromatic heterocycles. The van der Waals surface area contributed by atoms with Gasteiger partial charge in [0.05, 0.1) is 18.7 Å². The van der Waals surface area contributed by atoms with Crippen molar-refractivity contribution in [3.05, 3.63) is 69.7 Å². The van der Waals surface area contributed by atoms with E-state index in [0.717, 1.165) is 33.5 Å². The number of halogens is 1. The quantitative estimate of drug-likeness (QED) is 0.714. The van der Waals surface area contributed by atoms with Gasteiger partial charge in [0.15, 0.2) is 0 Å². The van der Waals surface area contributed by atoms with E-state index < -0.39 is 5.97 Å². The van der Waals surface area contributed by atoms with Crippen LogP contribution in [0, 0.1) is 5.92 Å². The maximum atomic E-state index is 11.3. The highest BCUT2D eigenvalue weighted by Crippen LogP contribution is 2.51. The van der Waals surface area contributed by atoms with Crippen LogP contribution in [0.25, 0.3) is 0 Å². The number of fused-ring (bicyclic) bond motifs is 3. The summed E-state index contributed by atoms with van der Waals surface area (Å²) in [4.78, 5) is 11.3. The molecule has 2 aromatic rings. The number of rotatable bonds is 3. The molecule has 3 atom stereocenters. The summed E-state index contributed by atoms with van der Waals surface area (Å²) in [5.41, 5.74) is 3.50. The molecule has 4 nitrogen and oxygen atoms in total. The summed E-state index contributed by atoms with van der Waals surface area (Å²) >= 11 is 3.56. The van der Waals surface area contributed by atoms with Crippen LogP contribution < -0.4 is 10.1 Å². The van der Waals surface area contributed by atoms with E-state index in [1.807, 2.05) is 18.2 Å². The Bertz CT molecular complexity index is 877. The molecule has 1 aliphatic heterocycles. The molecule has 0 fully saturated rings. The van der Waals surface area contributed by atoms with E-state index in [-0.39, 0.29) is 12.0 Å². The van der Waals surface area contributed by atoms with Crippen LogP contribution in [0.4, 0.5) is 5.69 Å². The topological polar surface area (TPSA) is 58.6 Å². The Balaban J connectivity index is 1.81. The highest BCUT2D eigenvalue weighted by atomic mass is 79.9. The maximum Gasteiger partial charge on any atom is 0.335 e. The number of benzene rings is 2. The molecule has 2 aromatic carbocycles. The molecule has 0 bridgehead atoms. The lowest BCUT2D eigenvalue weighted by Gasteiger charge is -2.38. The standard InChI is InChI=1S/C20H18BrNO3/c1-25-18-8-6-12(21)10-16(18)19-14-4-2-3-13(14)15-9-11(20(23)24)5-7-17(15)22-19/h2-3,5-10,13-14,19,22H,4H2,1H3,(H,23,24)/t13-,14+,19+/m0/s1. The van der Waals surface area contributed by atoms with E-state index in [2.05, 4.69) is 39.5 Å². The normalized spacial score (nSPS) is 23.5. The zero-order valence-electron chi connectivity index (χ0n) is 13.7. The minimum absolute atomic E-state index is 0.107. The van der Waals surface area contributed by atoms with Crippen molar-refractivity contribution >= 4 is 27.6 Å². The highest BCUT2D eigenvalue weighted by Gasteiger charge is 2.39. The SMILES string of the molecule is COc1ccc(Br)cc1[C@@H]1Nc2ccc(C(=O)O)cc2[C@H]2C=CC[C@H]21. The minimum Gasteiger partial charge on any atom is -0.496 e. The molecule has 128 valence electrons. The lowest BCUT2D eigenvalue weighted by Crippen LogP contribution is -2.29. The van der Waals surface area contributed by atoms with Crippen molar-refractivity contribution in [2.45, 2.75) is 18.4 Å². The molecule has 2 aliphatic rings. The summed E-state index contributed by atoms with van der Waals surface area (Å²) in [5.74, 6) is 0.512. The molecule has 4 rings (SSSR count). The van der Waals surface area contributed by atoms with Gasteiger partial charge in [0, 0.05) is 21.6 Å². The fourth-order valence-electron chi connectivity index (χ4n) is 3.98. The van der Waals surface area contributed by atoms with Crippen LogP contribution in [-0.2, 0) is 0 Å². The van der Waals surface area contributed by atoms with Crippen molar-refractivity contribution in [2.24, 2.45) is 5.92 Å². The van der Waals surface area contributed by atoms with Gasteiger partial charge in [-0.25, -0.2) is 4.79 Å². The van der Waals surface area contributed by atoms with Crippen LogP contribution in [-0.4, -0.2) is 18.2 Å². The highest BCUT2D eigenvalue weighted by molar-refractivity contribution is 9.10. The number of aromatic carboxylic acids is 1. The average Bonchev–Trinajstić information content (AvgIpc) is 3.10. The van der Waals surface area contributed by atoms with Crippen LogP contribution in [0.3, 0.4) is 0 Å². The van der Waals surface area contributed by atoms with Crippen molar-refractivity contribution in [3.8, 4) is 5.75 Å².